The minimum Gasteiger partial charge on any atom is -0.394 e. The van der Waals surface area contributed by atoms with Crippen LogP contribution >= 0.6 is 11.8 Å². The van der Waals surface area contributed by atoms with Gasteiger partial charge < -0.3 is 19.3 Å². The van der Waals surface area contributed by atoms with Gasteiger partial charge in [0.05, 0.1) is 12.1 Å². The Morgan fingerprint density at radius 2 is 2.00 bits per heavy atom. The first kappa shape index (κ1) is 15.4. The van der Waals surface area contributed by atoms with Crippen molar-refractivity contribution >= 4 is 22.7 Å². The first-order chi connectivity index (χ1) is 11.0. The van der Waals surface area contributed by atoms with Crippen molar-refractivity contribution in [3.8, 4) is 0 Å². The average molecular weight is 336 g/mol. The Morgan fingerprint density at radius 3 is 2.74 bits per heavy atom. The summed E-state index contributed by atoms with van der Waals surface area (Å²) in [5, 5.41) is 16.4. The summed E-state index contributed by atoms with van der Waals surface area (Å²) in [6, 6.07) is 8.06. The number of nitrogens with zero attached hydrogens (tertiary/aromatic N) is 2. The molecule has 2 aliphatic rings. The zero-order valence-electron chi connectivity index (χ0n) is 13.3. The maximum atomic E-state index is 9.62. The molecule has 2 aromatic rings. The number of para-hydroxylation sites is 1. The molecule has 124 valence electrons. The van der Waals surface area contributed by atoms with Crippen LogP contribution in [-0.2, 0) is 14.2 Å². The molecule has 7 heteroatoms. The molecular weight excluding hydrogens is 316 g/mol. The van der Waals surface area contributed by atoms with Gasteiger partial charge in [0.15, 0.2) is 12.0 Å². The van der Waals surface area contributed by atoms with Crippen LogP contribution in [-0.4, -0.2) is 51.8 Å². The number of aliphatic hydroxyl groups excluding tert-OH is 1. The number of ether oxygens (including phenoxy) is 3. The number of aromatic nitrogens is 2. The van der Waals surface area contributed by atoms with E-state index in [9.17, 15) is 5.11 Å². The fraction of sp³-hybridized carbons (Fsp3) is 0.562. The predicted molar refractivity (Wildman–Crippen MR) is 86.3 cm³/mol. The van der Waals surface area contributed by atoms with Gasteiger partial charge in [-0.3, -0.25) is 0 Å². The molecule has 3 heterocycles. The lowest BCUT2D eigenvalue weighted by Gasteiger charge is -2.24. The van der Waals surface area contributed by atoms with Crippen LogP contribution < -0.4 is 0 Å². The molecule has 0 bridgehead atoms. The Hall–Kier alpha value is -1.12. The Labute approximate surface area is 138 Å². The number of thioether (sulfide) groups is 1. The normalized spacial score (nSPS) is 32.5. The summed E-state index contributed by atoms with van der Waals surface area (Å²) in [5.41, 5.74) is 0.993. The molecule has 1 aromatic heterocycles. The first-order valence-electron chi connectivity index (χ1n) is 7.67. The van der Waals surface area contributed by atoms with E-state index >= 15 is 0 Å². The van der Waals surface area contributed by atoms with Gasteiger partial charge in [0.2, 0.25) is 0 Å². The third-order valence-electron chi connectivity index (χ3n) is 4.32. The van der Waals surface area contributed by atoms with Crippen molar-refractivity contribution in [2.75, 3.05) is 12.9 Å². The molecule has 0 spiro atoms. The van der Waals surface area contributed by atoms with Crippen molar-refractivity contribution in [3.05, 3.63) is 24.3 Å². The average Bonchev–Trinajstić information content (AvgIpc) is 3.15. The van der Waals surface area contributed by atoms with Crippen molar-refractivity contribution in [2.24, 2.45) is 0 Å². The van der Waals surface area contributed by atoms with Gasteiger partial charge in [-0.1, -0.05) is 18.2 Å². The summed E-state index contributed by atoms with van der Waals surface area (Å²) in [7, 11) is 0. The van der Waals surface area contributed by atoms with Crippen LogP contribution in [0.25, 0.3) is 10.9 Å². The fourth-order valence-electron chi connectivity index (χ4n) is 3.41. The molecule has 0 radical (unpaired) electrons. The van der Waals surface area contributed by atoms with Crippen LogP contribution in [0.2, 0.25) is 0 Å². The van der Waals surface area contributed by atoms with Gasteiger partial charge in [0, 0.05) is 5.39 Å². The molecule has 1 N–H and O–H groups in total. The van der Waals surface area contributed by atoms with Gasteiger partial charge in [-0.25, -0.2) is 4.68 Å². The van der Waals surface area contributed by atoms with Crippen LogP contribution in [0.3, 0.4) is 0 Å². The number of fused-ring (bicyclic) bond motifs is 2. The van der Waals surface area contributed by atoms with Gasteiger partial charge in [-0.2, -0.15) is 5.10 Å². The number of hydrogen-bond acceptors (Lipinski definition) is 6. The van der Waals surface area contributed by atoms with Crippen molar-refractivity contribution in [3.63, 3.8) is 0 Å². The molecule has 2 fully saturated rings. The third-order valence-corrected chi connectivity index (χ3v) is 5.01. The van der Waals surface area contributed by atoms with Crippen LogP contribution in [0.15, 0.2) is 29.3 Å². The van der Waals surface area contributed by atoms with Gasteiger partial charge >= 0.3 is 0 Å². The minimum atomic E-state index is -0.684. The van der Waals surface area contributed by atoms with E-state index < -0.39 is 18.1 Å². The molecule has 0 saturated carbocycles. The minimum absolute atomic E-state index is 0.105. The molecule has 4 rings (SSSR count). The van der Waals surface area contributed by atoms with Gasteiger partial charge in [-0.05, 0) is 26.2 Å². The highest BCUT2D eigenvalue weighted by Crippen LogP contribution is 2.44. The molecule has 1 unspecified atom stereocenters. The Morgan fingerprint density at radius 1 is 1.26 bits per heavy atom. The van der Waals surface area contributed by atoms with Crippen molar-refractivity contribution < 1.29 is 19.3 Å². The van der Waals surface area contributed by atoms with Crippen molar-refractivity contribution in [1.29, 1.82) is 0 Å². The molecule has 0 aliphatic carbocycles. The lowest BCUT2D eigenvalue weighted by molar-refractivity contribution is -0.201. The summed E-state index contributed by atoms with van der Waals surface area (Å²) < 4.78 is 19.8. The third kappa shape index (κ3) is 2.38. The molecule has 2 aliphatic heterocycles. The molecule has 1 aromatic carbocycles. The molecular formula is C16H20N2O4S. The lowest BCUT2D eigenvalue weighted by atomic mass is 10.1. The summed E-state index contributed by atoms with van der Waals surface area (Å²) in [6.45, 7) is 3.66. The van der Waals surface area contributed by atoms with E-state index in [1.165, 1.54) is 0 Å². The fourth-order valence-corrected chi connectivity index (χ4v) is 3.97. The molecule has 0 amide bonds. The first-order valence-corrected chi connectivity index (χ1v) is 8.90. The Bertz CT molecular complexity index is 732. The summed E-state index contributed by atoms with van der Waals surface area (Å²) in [5.74, 6) is -0.684. The van der Waals surface area contributed by atoms with Crippen molar-refractivity contribution in [1.82, 2.24) is 9.78 Å². The molecule has 23 heavy (non-hydrogen) atoms. The maximum Gasteiger partial charge on any atom is 0.180 e. The Kier molecular flexibility index (Phi) is 3.66. The van der Waals surface area contributed by atoms with E-state index in [0.717, 1.165) is 15.9 Å². The van der Waals surface area contributed by atoms with Crippen LogP contribution in [0.4, 0.5) is 0 Å². The zero-order chi connectivity index (χ0) is 16.2. The number of hydrogen-bond donors (Lipinski definition) is 1. The number of aliphatic hydroxyl groups is 1. The van der Waals surface area contributed by atoms with Crippen molar-refractivity contribution in [2.45, 2.75) is 49.2 Å². The quantitative estimate of drug-likeness (QED) is 0.867. The van der Waals surface area contributed by atoms with Gasteiger partial charge in [0.25, 0.3) is 0 Å². The highest BCUT2D eigenvalue weighted by Gasteiger charge is 2.56. The Balaban J connectivity index is 1.79. The highest BCUT2D eigenvalue weighted by molar-refractivity contribution is 7.98. The standard InChI is InChI=1S/C16H20N2O4S/c1-16(2)21-12-11(8-19)20-15(13(12)22-16)18-10-7-5-4-6-9(10)14(17-18)23-3/h4-7,11-13,15,19H,8H2,1-3H3/t11-,12-,13-,15?/m1/s1. The highest BCUT2D eigenvalue weighted by atomic mass is 32.2. The van der Waals surface area contributed by atoms with E-state index in [-0.39, 0.29) is 18.8 Å². The summed E-state index contributed by atoms with van der Waals surface area (Å²) >= 11 is 1.60. The summed E-state index contributed by atoms with van der Waals surface area (Å²) in [4.78, 5) is 0. The number of rotatable bonds is 3. The molecule has 4 atom stereocenters. The van der Waals surface area contributed by atoms with E-state index in [2.05, 4.69) is 6.07 Å². The van der Waals surface area contributed by atoms with Crippen LogP contribution in [0, 0.1) is 0 Å². The van der Waals surface area contributed by atoms with Crippen LogP contribution in [0.1, 0.15) is 20.1 Å². The van der Waals surface area contributed by atoms with E-state index in [0.29, 0.717) is 0 Å². The largest absolute Gasteiger partial charge is 0.394 e. The maximum absolute atomic E-state index is 9.62. The topological polar surface area (TPSA) is 65.7 Å². The molecule has 2 saturated heterocycles. The lowest BCUT2D eigenvalue weighted by Crippen LogP contribution is -2.31. The van der Waals surface area contributed by atoms with Gasteiger partial charge in [0.1, 0.15) is 23.3 Å². The van der Waals surface area contributed by atoms with E-state index in [4.69, 9.17) is 19.3 Å². The van der Waals surface area contributed by atoms with E-state index in [1.54, 1.807) is 11.8 Å². The SMILES string of the molecule is CSc1nn(C2O[C@H](CO)[C@H]3OC(C)(C)O[C@@H]23)c2ccccc12. The predicted octanol–water partition coefficient (Wildman–Crippen LogP) is 2.17. The monoisotopic (exact) mass is 336 g/mol. The van der Waals surface area contributed by atoms with E-state index in [1.807, 2.05) is 43.0 Å². The second kappa shape index (κ2) is 5.46. The second-order valence-electron chi connectivity index (χ2n) is 6.28. The van der Waals surface area contributed by atoms with Crippen LogP contribution in [0.5, 0.6) is 0 Å². The smallest absolute Gasteiger partial charge is 0.180 e. The number of benzene rings is 1. The summed E-state index contributed by atoms with van der Waals surface area (Å²) in [6.07, 6.45) is 0.602. The zero-order valence-corrected chi connectivity index (χ0v) is 14.1. The molecule has 6 nitrogen and oxygen atoms in total. The second-order valence-corrected chi connectivity index (χ2v) is 7.08. The van der Waals surface area contributed by atoms with Gasteiger partial charge in [-0.15, -0.1) is 11.8 Å².